The van der Waals surface area contributed by atoms with E-state index in [1.54, 1.807) is 19.1 Å². The molecule has 4 aromatic rings. The van der Waals surface area contributed by atoms with Crippen molar-refractivity contribution in [2.75, 3.05) is 13.7 Å². The normalized spacial score (nSPS) is 23.1. The monoisotopic (exact) mass is 543 g/mol. The van der Waals surface area contributed by atoms with Crippen molar-refractivity contribution in [3.8, 4) is 5.69 Å². The highest BCUT2D eigenvalue weighted by Gasteiger charge is 2.54. The fourth-order valence-electron chi connectivity index (χ4n) is 5.73. The third-order valence-electron chi connectivity index (χ3n) is 7.32. The van der Waals surface area contributed by atoms with Crippen molar-refractivity contribution in [3.63, 3.8) is 0 Å². The predicted octanol–water partition coefficient (Wildman–Crippen LogP) is 4.79. The molecule has 3 heterocycles. The summed E-state index contributed by atoms with van der Waals surface area (Å²) >= 11 is 0. The number of benzene rings is 2. The molecule has 0 bridgehead atoms. The van der Waals surface area contributed by atoms with Crippen molar-refractivity contribution in [2.45, 2.75) is 37.5 Å². The first-order valence-corrected chi connectivity index (χ1v) is 12.1. The number of carbonyl (C=O) groups is 1. The van der Waals surface area contributed by atoms with Gasteiger partial charge in [0.2, 0.25) is 0 Å². The lowest BCUT2D eigenvalue weighted by Crippen LogP contribution is -2.34. The second-order valence-corrected chi connectivity index (χ2v) is 9.60. The van der Waals surface area contributed by atoms with Gasteiger partial charge in [-0.2, -0.15) is 17.9 Å². The Bertz CT molecular complexity index is 1610. The van der Waals surface area contributed by atoms with E-state index in [9.17, 15) is 22.4 Å². The van der Waals surface area contributed by atoms with Gasteiger partial charge in [0.15, 0.2) is 11.5 Å². The van der Waals surface area contributed by atoms with E-state index in [4.69, 9.17) is 13.9 Å². The Morgan fingerprint density at radius 3 is 2.69 bits per heavy atom. The third kappa shape index (κ3) is 4.17. The van der Waals surface area contributed by atoms with E-state index in [0.29, 0.717) is 51.2 Å². The minimum Gasteiger partial charge on any atom is -0.469 e. The molecule has 1 spiro atoms. The molecule has 1 aliphatic carbocycles. The van der Waals surface area contributed by atoms with E-state index in [1.165, 1.54) is 31.4 Å². The number of ether oxygens (including phenoxy) is 2. The SMILES string of the molecule is COC(=O)[C@H]1CC[C@@]2(C=C(c3cc(-n4nnnc4C(F)(F)F)cc4nc(C)oc34)CO2)[C@@H]1c1ccc(F)cc1. The Morgan fingerprint density at radius 2 is 1.97 bits per heavy atom. The zero-order valence-corrected chi connectivity index (χ0v) is 20.7. The number of nitrogens with zero attached hydrogens (tertiary/aromatic N) is 5. The number of esters is 1. The molecule has 1 aliphatic heterocycles. The molecule has 0 radical (unpaired) electrons. The van der Waals surface area contributed by atoms with Crippen LogP contribution < -0.4 is 0 Å². The number of tetrazole rings is 1. The minimum absolute atomic E-state index is 0.0407. The molecule has 13 heteroatoms. The van der Waals surface area contributed by atoms with Gasteiger partial charge in [0.25, 0.3) is 5.82 Å². The zero-order chi connectivity index (χ0) is 27.5. The van der Waals surface area contributed by atoms with Crippen LogP contribution in [0.3, 0.4) is 0 Å². The summed E-state index contributed by atoms with van der Waals surface area (Å²) in [5, 5.41) is 9.89. The van der Waals surface area contributed by atoms with Crippen LogP contribution in [0.5, 0.6) is 0 Å². The van der Waals surface area contributed by atoms with Crippen LogP contribution in [0.2, 0.25) is 0 Å². The van der Waals surface area contributed by atoms with Crippen LogP contribution in [-0.4, -0.2) is 50.5 Å². The highest BCUT2D eigenvalue weighted by atomic mass is 19.4. The summed E-state index contributed by atoms with van der Waals surface area (Å²) in [7, 11) is 1.31. The van der Waals surface area contributed by atoms with Gasteiger partial charge >= 0.3 is 12.1 Å². The summed E-state index contributed by atoms with van der Waals surface area (Å²) in [6, 6.07) is 8.79. The van der Waals surface area contributed by atoms with Crippen LogP contribution in [0.1, 0.15) is 41.6 Å². The number of aromatic nitrogens is 5. The molecule has 1 saturated carbocycles. The van der Waals surface area contributed by atoms with Crippen molar-refractivity contribution < 1.29 is 36.2 Å². The standard InChI is InChI=1S/C26H21F4N5O4/c1-13-31-20-10-17(35-24(26(28,29)30)32-33-34-35)9-19(22(20)39-13)15-11-25(38-12-15)8-7-18(23(36)37-2)21(25)14-3-5-16(27)6-4-14/h3-6,9-11,18,21H,7-8,12H2,1-2H3/t18-,21+,25+/m0/s1. The van der Waals surface area contributed by atoms with Gasteiger partial charge in [-0.05, 0) is 64.7 Å². The number of rotatable bonds is 4. The van der Waals surface area contributed by atoms with Crippen LogP contribution in [0.15, 0.2) is 46.9 Å². The fraction of sp³-hybridized carbons (Fsp3) is 0.346. The molecule has 9 nitrogen and oxygen atoms in total. The number of alkyl halides is 3. The van der Waals surface area contributed by atoms with E-state index < -0.39 is 41.2 Å². The lowest BCUT2D eigenvalue weighted by Gasteiger charge is -2.31. The number of hydrogen-bond acceptors (Lipinski definition) is 8. The van der Waals surface area contributed by atoms with Crippen molar-refractivity contribution in [3.05, 3.63) is 71.1 Å². The van der Waals surface area contributed by atoms with Gasteiger partial charge in [-0.15, -0.1) is 5.10 Å². The maximum atomic E-state index is 13.7. The fourth-order valence-corrected chi connectivity index (χ4v) is 5.73. The number of methoxy groups -OCH3 is 1. The number of carbonyl (C=O) groups excluding carboxylic acids is 1. The molecule has 2 aliphatic rings. The molecular formula is C26H21F4N5O4. The van der Waals surface area contributed by atoms with Gasteiger partial charge in [0, 0.05) is 18.4 Å². The third-order valence-corrected chi connectivity index (χ3v) is 7.32. The van der Waals surface area contributed by atoms with Crippen molar-refractivity contribution in [2.24, 2.45) is 5.92 Å². The van der Waals surface area contributed by atoms with Crippen LogP contribution in [0, 0.1) is 18.7 Å². The topological polar surface area (TPSA) is 105 Å². The molecule has 39 heavy (non-hydrogen) atoms. The lowest BCUT2D eigenvalue weighted by atomic mass is 9.79. The maximum Gasteiger partial charge on any atom is 0.453 e. The van der Waals surface area contributed by atoms with Gasteiger partial charge in [-0.25, -0.2) is 9.37 Å². The molecule has 0 amide bonds. The highest BCUT2D eigenvalue weighted by molar-refractivity contribution is 5.91. The Balaban J connectivity index is 1.49. The van der Waals surface area contributed by atoms with Gasteiger partial charge in [-0.3, -0.25) is 4.79 Å². The maximum absolute atomic E-state index is 13.7. The van der Waals surface area contributed by atoms with Crippen molar-refractivity contribution in [1.29, 1.82) is 0 Å². The van der Waals surface area contributed by atoms with E-state index >= 15 is 0 Å². The van der Waals surface area contributed by atoms with Crippen molar-refractivity contribution >= 4 is 22.6 Å². The summed E-state index contributed by atoms with van der Waals surface area (Å²) in [5.74, 6) is -2.79. The Kier molecular flexibility index (Phi) is 5.79. The largest absolute Gasteiger partial charge is 0.469 e. The number of halogens is 4. The molecule has 3 atom stereocenters. The average molecular weight is 543 g/mol. The first kappa shape index (κ1) is 25.2. The molecule has 0 saturated heterocycles. The molecule has 0 N–H and O–H groups in total. The van der Waals surface area contributed by atoms with E-state index in [0.717, 1.165) is 0 Å². The highest BCUT2D eigenvalue weighted by Crippen LogP contribution is 2.54. The molecule has 6 rings (SSSR count). The average Bonchev–Trinajstić information content (AvgIpc) is 3.69. The summed E-state index contributed by atoms with van der Waals surface area (Å²) in [4.78, 5) is 17.0. The van der Waals surface area contributed by atoms with Crippen LogP contribution in [0.25, 0.3) is 22.4 Å². The molecule has 1 fully saturated rings. The number of aryl methyl sites for hydroxylation is 1. The molecule has 0 unspecified atom stereocenters. The van der Waals surface area contributed by atoms with Crippen LogP contribution in [0.4, 0.5) is 17.6 Å². The number of fused-ring (bicyclic) bond motifs is 1. The molecule has 202 valence electrons. The van der Waals surface area contributed by atoms with Crippen molar-refractivity contribution in [1.82, 2.24) is 25.2 Å². The quantitative estimate of drug-likeness (QED) is 0.267. The smallest absolute Gasteiger partial charge is 0.453 e. The molecule has 2 aromatic heterocycles. The first-order valence-electron chi connectivity index (χ1n) is 12.1. The van der Waals surface area contributed by atoms with E-state index in [-0.39, 0.29) is 12.3 Å². The summed E-state index contributed by atoms with van der Waals surface area (Å²) in [5.41, 5.74) is 1.60. The summed E-state index contributed by atoms with van der Waals surface area (Å²) in [6.45, 7) is 1.72. The minimum atomic E-state index is -4.78. The molecule has 2 aromatic carbocycles. The summed E-state index contributed by atoms with van der Waals surface area (Å²) < 4.78 is 72.2. The van der Waals surface area contributed by atoms with Gasteiger partial charge < -0.3 is 13.9 Å². The Labute approximate surface area is 218 Å². The second-order valence-electron chi connectivity index (χ2n) is 9.60. The predicted molar refractivity (Wildman–Crippen MR) is 127 cm³/mol. The van der Waals surface area contributed by atoms with Crippen LogP contribution >= 0.6 is 0 Å². The second kappa shape index (κ2) is 8.97. The van der Waals surface area contributed by atoms with Gasteiger partial charge in [-0.1, -0.05) is 12.1 Å². The first-order chi connectivity index (χ1) is 18.6. The zero-order valence-electron chi connectivity index (χ0n) is 20.7. The molecular weight excluding hydrogens is 522 g/mol. The summed E-state index contributed by atoms with van der Waals surface area (Å²) in [6.07, 6.45) is -1.96. The number of hydrogen-bond donors (Lipinski definition) is 0. The van der Waals surface area contributed by atoms with Crippen LogP contribution in [-0.2, 0) is 20.4 Å². The van der Waals surface area contributed by atoms with E-state index in [1.807, 2.05) is 6.08 Å². The Morgan fingerprint density at radius 1 is 1.21 bits per heavy atom. The number of oxazole rings is 1. The van der Waals surface area contributed by atoms with Gasteiger partial charge in [0.1, 0.15) is 11.3 Å². The van der Waals surface area contributed by atoms with E-state index in [2.05, 4.69) is 20.5 Å². The Hall–Kier alpha value is -4.13. The lowest BCUT2D eigenvalue weighted by molar-refractivity contribution is -0.147. The van der Waals surface area contributed by atoms with Gasteiger partial charge in [0.05, 0.1) is 30.9 Å².